The van der Waals surface area contributed by atoms with Gasteiger partial charge in [0.2, 0.25) is 0 Å². The zero-order chi connectivity index (χ0) is 9.97. The SMILES string of the molecule is CC=Cc1cnc2ccc(Cl)cc2c1. The van der Waals surface area contributed by atoms with Crippen LogP contribution >= 0.6 is 11.6 Å². The Bertz CT molecular complexity index is 489. The predicted octanol–water partition coefficient (Wildman–Crippen LogP) is 3.92. The van der Waals surface area contributed by atoms with Crippen LogP contribution in [0.4, 0.5) is 0 Å². The molecule has 70 valence electrons. The summed E-state index contributed by atoms with van der Waals surface area (Å²) in [5, 5.41) is 1.82. The quantitative estimate of drug-likeness (QED) is 0.685. The van der Waals surface area contributed by atoms with Gasteiger partial charge in [-0.1, -0.05) is 23.8 Å². The lowest BCUT2D eigenvalue weighted by Crippen LogP contribution is -1.80. The van der Waals surface area contributed by atoms with Gasteiger partial charge in [-0.05, 0) is 36.8 Å². The zero-order valence-electron chi connectivity index (χ0n) is 7.87. The van der Waals surface area contributed by atoms with Crippen LogP contribution in [0.15, 0.2) is 36.5 Å². The van der Waals surface area contributed by atoms with E-state index in [2.05, 4.69) is 11.1 Å². The molecular formula is C12H10ClN. The molecule has 1 aromatic heterocycles. The van der Waals surface area contributed by atoms with Crippen molar-refractivity contribution in [2.24, 2.45) is 0 Å². The maximum absolute atomic E-state index is 5.90. The van der Waals surface area contributed by atoms with Gasteiger partial charge in [0.25, 0.3) is 0 Å². The first kappa shape index (κ1) is 9.22. The van der Waals surface area contributed by atoms with E-state index in [0.29, 0.717) is 0 Å². The molecule has 0 amide bonds. The Kier molecular flexibility index (Phi) is 2.51. The number of aromatic nitrogens is 1. The van der Waals surface area contributed by atoms with Crippen LogP contribution in [0.25, 0.3) is 17.0 Å². The molecule has 2 rings (SSSR count). The summed E-state index contributed by atoms with van der Waals surface area (Å²) in [5.41, 5.74) is 2.07. The van der Waals surface area contributed by atoms with Crippen molar-refractivity contribution in [1.82, 2.24) is 4.98 Å². The summed E-state index contributed by atoms with van der Waals surface area (Å²) in [6, 6.07) is 7.79. The van der Waals surface area contributed by atoms with Crippen molar-refractivity contribution in [2.75, 3.05) is 0 Å². The Morgan fingerprint density at radius 2 is 2.14 bits per heavy atom. The van der Waals surface area contributed by atoms with Crippen LogP contribution in [0.3, 0.4) is 0 Å². The molecule has 0 fully saturated rings. The fraction of sp³-hybridized carbons (Fsp3) is 0.0833. The Hall–Kier alpha value is -1.34. The highest BCUT2D eigenvalue weighted by molar-refractivity contribution is 6.31. The van der Waals surface area contributed by atoms with E-state index in [1.54, 1.807) is 0 Å². The minimum absolute atomic E-state index is 0.747. The topological polar surface area (TPSA) is 12.9 Å². The van der Waals surface area contributed by atoms with Crippen molar-refractivity contribution >= 4 is 28.6 Å². The number of hydrogen-bond donors (Lipinski definition) is 0. The summed E-state index contributed by atoms with van der Waals surface area (Å²) in [5.74, 6) is 0. The van der Waals surface area contributed by atoms with Crippen molar-refractivity contribution in [3.8, 4) is 0 Å². The normalized spacial score (nSPS) is 11.3. The second-order valence-electron chi connectivity index (χ2n) is 3.11. The van der Waals surface area contributed by atoms with Crippen LogP contribution < -0.4 is 0 Å². The molecule has 1 heterocycles. The number of fused-ring (bicyclic) bond motifs is 1. The molecule has 0 aliphatic carbocycles. The van der Waals surface area contributed by atoms with Crippen LogP contribution in [0.1, 0.15) is 12.5 Å². The maximum Gasteiger partial charge on any atom is 0.0703 e. The maximum atomic E-state index is 5.90. The van der Waals surface area contributed by atoms with Gasteiger partial charge in [-0.2, -0.15) is 0 Å². The van der Waals surface area contributed by atoms with E-state index in [9.17, 15) is 0 Å². The molecule has 0 aliphatic rings. The number of allylic oxidation sites excluding steroid dienone is 1. The molecule has 2 aromatic rings. The van der Waals surface area contributed by atoms with Gasteiger partial charge in [0.15, 0.2) is 0 Å². The fourth-order valence-corrected chi connectivity index (χ4v) is 1.58. The molecule has 14 heavy (non-hydrogen) atoms. The van der Waals surface area contributed by atoms with E-state index in [4.69, 9.17) is 11.6 Å². The van der Waals surface area contributed by atoms with Gasteiger partial charge in [0.05, 0.1) is 5.52 Å². The monoisotopic (exact) mass is 203 g/mol. The summed E-state index contributed by atoms with van der Waals surface area (Å²) in [6.07, 6.45) is 5.87. The van der Waals surface area contributed by atoms with Gasteiger partial charge in [-0.3, -0.25) is 4.98 Å². The van der Waals surface area contributed by atoms with E-state index >= 15 is 0 Å². The van der Waals surface area contributed by atoms with Crippen LogP contribution in [-0.2, 0) is 0 Å². The smallest absolute Gasteiger partial charge is 0.0703 e. The first-order valence-corrected chi connectivity index (χ1v) is 4.85. The summed E-state index contributed by atoms with van der Waals surface area (Å²) >= 11 is 5.90. The Balaban J connectivity index is 2.63. The average Bonchev–Trinajstić information content (AvgIpc) is 2.17. The molecule has 0 unspecified atom stereocenters. The highest BCUT2D eigenvalue weighted by Crippen LogP contribution is 2.18. The molecule has 1 nitrogen and oxygen atoms in total. The van der Waals surface area contributed by atoms with Gasteiger partial charge in [0.1, 0.15) is 0 Å². The Morgan fingerprint density at radius 3 is 2.93 bits per heavy atom. The molecule has 0 aliphatic heterocycles. The number of halogens is 1. The minimum atomic E-state index is 0.747. The number of nitrogens with zero attached hydrogens (tertiary/aromatic N) is 1. The van der Waals surface area contributed by atoms with Crippen molar-refractivity contribution in [3.05, 3.63) is 47.1 Å². The summed E-state index contributed by atoms with van der Waals surface area (Å²) in [7, 11) is 0. The van der Waals surface area contributed by atoms with Gasteiger partial charge in [-0.15, -0.1) is 0 Å². The molecule has 0 radical (unpaired) electrons. The largest absolute Gasteiger partial charge is 0.256 e. The summed E-state index contributed by atoms with van der Waals surface area (Å²) in [6.45, 7) is 1.99. The molecule has 2 heteroatoms. The zero-order valence-corrected chi connectivity index (χ0v) is 8.62. The Labute approximate surface area is 88.0 Å². The van der Waals surface area contributed by atoms with E-state index in [0.717, 1.165) is 21.5 Å². The number of rotatable bonds is 1. The van der Waals surface area contributed by atoms with Crippen molar-refractivity contribution in [2.45, 2.75) is 6.92 Å². The lowest BCUT2D eigenvalue weighted by Gasteiger charge is -1.99. The minimum Gasteiger partial charge on any atom is -0.256 e. The fourth-order valence-electron chi connectivity index (χ4n) is 1.40. The lowest BCUT2D eigenvalue weighted by atomic mass is 10.1. The first-order valence-electron chi connectivity index (χ1n) is 4.47. The average molecular weight is 204 g/mol. The molecule has 0 saturated carbocycles. The number of hydrogen-bond acceptors (Lipinski definition) is 1. The molecule has 1 aromatic carbocycles. The van der Waals surface area contributed by atoms with E-state index in [1.807, 2.05) is 43.5 Å². The molecular weight excluding hydrogens is 194 g/mol. The van der Waals surface area contributed by atoms with E-state index in [1.165, 1.54) is 0 Å². The second kappa shape index (κ2) is 3.81. The highest BCUT2D eigenvalue weighted by atomic mass is 35.5. The number of benzene rings is 1. The van der Waals surface area contributed by atoms with Gasteiger partial charge in [-0.25, -0.2) is 0 Å². The first-order chi connectivity index (χ1) is 6.79. The van der Waals surface area contributed by atoms with Gasteiger partial charge < -0.3 is 0 Å². The highest BCUT2D eigenvalue weighted by Gasteiger charge is 1.96. The standard InChI is InChI=1S/C12H10ClN/c1-2-3-9-6-10-7-11(13)4-5-12(10)14-8-9/h2-8H,1H3. The van der Waals surface area contributed by atoms with Crippen LogP contribution in [0.5, 0.6) is 0 Å². The van der Waals surface area contributed by atoms with E-state index < -0.39 is 0 Å². The Morgan fingerprint density at radius 1 is 1.29 bits per heavy atom. The third-order valence-corrected chi connectivity index (χ3v) is 2.26. The lowest BCUT2D eigenvalue weighted by molar-refractivity contribution is 1.40. The van der Waals surface area contributed by atoms with Crippen molar-refractivity contribution in [1.29, 1.82) is 0 Å². The number of pyridine rings is 1. The molecule has 0 spiro atoms. The molecule has 0 bridgehead atoms. The van der Waals surface area contributed by atoms with Crippen LogP contribution in [-0.4, -0.2) is 4.98 Å². The summed E-state index contributed by atoms with van der Waals surface area (Å²) < 4.78 is 0. The third-order valence-electron chi connectivity index (χ3n) is 2.02. The second-order valence-corrected chi connectivity index (χ2v) is 3.54. The van der Waals surface area contributed by atoms with E-state index in [-0.39, 0.29) is 0 Å². The molecule has 0 atom stereocenters. The molecule has 0 saturated heterocycles. The third kappa shape index (κ3) is 1.78. The van der Waals surface area contributed by atoms with Crippen LogP contribution in [0, 0.1) is 0 Å². The van der Waals surface area contributed by atoms with Gasteiger partial charge >= 0.3 is 0 Å². The predicted molar refractivity (Wildman–Crippen MR) is 61.5 cm³/mol. The summed E-state index contributed by atoms with van der Waals surface area (Å²) in [4.78, 5) is 4.33. The van der Waals surface area contributed by atoms with Gasteiger partial charge in [0, 0.05) is 16.6 Å². The van der Waals surface area contributed by atoms with Crippen molar-refractivity contribution < 1.29 is 0 Å². The van der Waals surface area contributed by atoms with Crippen LogP contribution in [0.2, 0.25) is 5.02 Å². The molecule has 0 N–H and O–H groups in total. The van der Waals surface area contributed by atoms with Crippen molar-refractivity contribution in [3.63, 3.8) is 0 Å².